The maximum absolute atomic E-state index is 9.40. The highest BCUT2D eigenvalue weighted by atomic mass is 16.3. The normalized spacial score (nSPS) is 32.9. The van der Waals surface area contributed by atoms with Gasteiger partial charge in [-0.3, -0.25) is 9.97 Å². The lowest BCUT2D eigenvalue weighted by atomic mass is 9.79. The second kappa shape index (κ2) is 3.63. The van der Waals surface area contributed by atoms with Crippen molar-refractivity contribution >= 4 is 0 Å². The quantitative estimate of drug-likeness (QED) is 0.683. The molecule has 0 unspecified atom stereocenters. The van der Waals surface area contributed by atoms with Crippen LogP contribution < -0.4 is 5.73 Å². The second-order valence-corrected chi connectivity index (χ2v) is 3.98. The van der Waals surface area contributed by atoms with E-state index in [0.717, 1.165) is 31.4 Å². The lowest BCUT2D eigenvalue weighted by Gasteiger charge is -2.34. The summed E-state index contributed by atoms with van der Waals surface area (Å²) in [5, 5.41) is 9.40. The monoisotopic (exact) mass is 193 g/mol. The molecule has 0 spiro atoms. The number of aromatic nitrogens is 2. The molecule has 0 bridgehead atoms. The third-order valence-corrected chi connectivity index (χ3v) is 2.92. The summed E-state index contributed by atoms with van der Waals surface area (Å²) in [6.07, 6.45) is 7.92. The molecule has 14 heavy (non-hydrogen) atoms. The number of rotatable bonds is 1. The van der Waals surface area contributed by atoms with Crippen LogP contribution in [0.5, 0.6) is 0 Å². The number of nitrogens with two attached hydrogens (primary N) is 1. The average molecular weight is 193 g/mol. The van der Waals surface area contributed by atoms with Crippen LogP contribution in [0.3, 0.4) is 0 Å². The maximum Gasteiger partial charge on any atom is 0.0785 e. The molecule has 1 heterocycles. The number of nitrogens with zero attached hydrogens (tertiary/aromatic N) is 2. The standard InChI is InChI=1S/C10H15N3O/c11-10(3-1-8(14)2-4-10)9-7-12-5-6-13-9/h5-8,14H,1-4,11H2. The fourth-order valence-corrected chi connectivity index (χ4v) is 1.93. The van der Waals surface area contributed by atoms with Crippen molar-refractivity contribution < 1.29 is 5.11 Å². The molecule has 0 saturated heterocycles. The van der Waals surface area contributed by atoms with E-state index in [1.165, 1.54) is 0 Å². The molecule has 0 atom stereocenters. The molecule has 1 aromatic heterocycles. The van der Waals surface area contributed by atoms with Crippen molar-refractivity contribution in [3.05, 3.63) is 24.3 Å². The van der Waals surface area contributed by atoms with E-state index < -0.39 is 0 Å². The summed E-state index contributed by atoms with van der Waals surface area (Å²) in [5.41, 5.74) is 6.69. The van der Waals surface area contributed by atoms with E-state index in [2.05, 4.69) is 9.97 Å². The van der Waals surface area contributed by atoms with Gasteiger partial charge in [0.25, 0.3) is 0 Å². The molecule has 76 valence electrons. The lowest BCUT2D eigenvalue weighted by molar-refractivity contribution is 0.0955. The molecule has 4 nitrogen and oxygen atoms in total. The Morgan fingerprint density at radius 1 is 1.36 bits per heavy atom. The topological polar surface area (TPSA) is 72.0 Å². The van der Waals surface area contributed by atoms with Crippen molar-refractivity contribution in [2.24, 2.45) is 5.73 Å². The number of hydrogen-bond donors (Lipinski definition) is 2. The zero-order chi connectivity index (χ0) is 10.0. The molecular formula is C10H15N3O. The van der Waals surface area contributed by atoms with Crippen LogP contribution in [-0.2, 0) is 5.54 Å². The second-order valence-electron chi connectivity index (χ2n) is 3.98. The van der Waals surface area contributed by atoms with Crippen LogP contribution in [0.4, 0.5) is 0 Å². The van der Waals surface area contributed by atoms with E-state index in [1.54, 1.807) is 18.6 Å². The van der Waals surface area contributed by atoms with Gasteiger partial charge in [0.15, 0.2) is 0 Å². The first-order valence-corrected chi connectivity index (χ1v) is 4.94. The summed E-state index contributed by atoms with van der Waals surface area (Å²) >= 11 is 0. The number of aliphatic hydroxyl groups excluding tert-OH is 1. The molecule has 0 amide bonds. The summed E-state index contributed by atoms with van der Waals surface area (Å²) < 4.78 is 0. The molecule has 0 aromatic carbocycles. The summed E-state index contributed by atoms with van der Waals surface area (Å²) in [6, 6.07) is 0. The SMILES string of the molecule is NC1(c2cnccn2)CCC(O)CC1. The van der Waals surface area contributed by atoms with Crippen molar-refractivity contribution in [2.45, 2.75) is 37.3 Å². The van der Waals surface area contributed by atoms with Crippen LogP contribution in [-0.4, -0.2) is 21.2 Å². The van der Waals surface area contributed by atoms with E-state index in [0.29, 0.717) is 0 Å². The first-order chi connectivity index (χ1) is 6.71. The van der Waals surface area contributed by atoms with E-state index in [9.17, 15) is 5.11 Å². The van der Waals surface area contributed by atoms with Gasteiger partial charge in [-0.25, -0.2) is 0 Å². The fraction of sp³-hybridized carbons (Fsp3) is 0.600. The van der Waals surface area contributed by atoms with Crippen LogP contribution in [0.25, 0.3) is 0 Å². The summed E-state index contributed by atoms with van der Waals surface area (Å²) in [6.45, 7) is 0. The largest absolute Gasteiger partial charge is 0.393 e. The van der Waals surface area contributed by atoms with Crippen molar-refractivity contribution in [3.63, 3.8) is 0 Å². The van der Waals surface area contributed by atoms with Crippen LogP contribution in [0.1, 0.15) is 31.4 Å². The van der Waals surface area contributed by atoms with Gasteiger partial charge in [-0.1, -0.05) is 0 Å². The van der Waals surface area contributed by atoms with E-state index in [1.807, 2.05) is 0 Å². The van der Waals surface area contributed by atoms with Crippen molar-refractivity contribution in [1.29, 1.82) is 0 Å². The van der Waals surface area contributed by atoms with Gasteiger partial charge in [0, 0.05) is 12.4 Å². The molecule has 1 aromatic rings. The molecule has 1 saturated carbocycles. The lowest BCUT2D eigenvalue weighted by Crippen LogP contribution is -2.42. The number of hydrogen-bond acceptors (Lipinski definition) is 4. The zero-order valence-corrected chi connectivity index (χ0v) is 8.06. The van der Waals surface area contributed by atoms with Gasteiger partial charge in [0.05, 0.1) is 23.5 Å². The average Bonchev–Trinajstić information content (AvgIpc) is 2.24. The molecule has 0 aliphatic heterocycles. The molecule has 4 heteroatoms. The first kappa shape index (κ1) is 9.55. The molecule has 1 aliphatic rings. The van der Waals surface area contributed by atoms with Crippen LogP contribution in [0.15, 0.2) is 18.6 Å². The van der Waals surface area contributed by atoms with Gasteiger partial charge in [-0.15, -0.1) is 0 Å². The molecule has 1 aliphatic carbocycles. The highest BCUT2D eigenvalue weighted by molar-refractivity contribution is 5.12. The van der Waals surface area contributed by atoms with Crippen molar-refractivity contribution in [1.82, 2.24) is 9.97 Å². The Balaban J connectivity index is 2.17. The Kier molecular flexibility index (Phi) is 2.48. The van der Waals surface area contributed by atoms with Gasteiger partial charge in [-0.05, 0) is 25.7 Å². The van der Waals surface area contributed by atoms with E-state index >= 15 is 0 Å². The first-order valence-electron chi connectivity index (χ1n) is 4.94. The van der Waals surface area contributed by atoms with Crippen molar-refractivity contribution in [3.8, 4) is 0 Å². The Morgan fingerprint density at radius 3 is 2.64 bits per heavy atom. The molecule has 1 fully saturated rings. The van der Waals surface area contributed by atoms with Crippen LogP contribution >= 0.6 is 0 Å². The molecular weight excluding hydrogens is 178 g/mol. The predicted octanol–water partition coefficient (Wildman–Crippen LogP) is 0.565. The predicted molar refractivity (Wildman–Crippen MR) is 52.4 cm³/mol. The van der Waals surface area contributed by atoms with E-state index in [-0.39, 0.29) is 11.6 Å². The third kappa shape index (κ3) is 1.76. The van der Waals surface area contributed by atoms with Crippen LogP contribution in [0.2, 0.25) is 0 Å². The highest BCUT2D eigenvalue weighted by Crippen LogP contribution is 2.33. The van der Waals surface area contributed by atoms with Gasteiger partial charge < -0.3 is 10.8 Å². The van der Waals surface area contributed by atoms with E-state index in [4.69, 9.17) is 5.73 Å². The van der Waals surface area contributed by atoms with Crippen LogP contribution in [0, 0.1) is 0 Å². The van der Waals surface area contributed by atoms with Gasteiger partial charge >= 0.3 is 0 Å². The Morgan fingerprint density at radius 2 is 2.07 bits per heavy atom. The highest BCUT2D eigenvalue weighted by Gasteiger charge is 2.33. The third-order valence-electron chi connectivity index (χ3n) is 2.92. The summed E-state index contributed by atoms with van der Waals surface area (Å²) in [5.74, 6) is 0. The smallest absolute Gasteiger partial charge is 0.0785 e. The zero-order valence-electron chi connectivity index (χ0n) is 8.06. The minimum atomic E-state index is -0.381. The number of aliphatic hydroxyl groups is 1. The summed E-state index contributed by atoms with van der Waals surface area (Å²) in [7, 11) is 0. The summed E-state index contributed by atoms with van der Waals surface area (Å²) in [4.78, 5) is 8.25. The van der Waals surface area contributed by atoms with Gasteiger partial charge in [0.1, 0.15) is 0 Å². The Bertz CT molecular complexity index is 293. The fourth-order valence-electron chi connectivity index (χ4n) is 1.93. The molecule has 2 rings (SSSR count). The van der Waals surface area contributed by atoms with Gasteiger partial charge in [-0.2, -0.15) is 0 Å². The minimum absolute atomic E-state index is 0.191. The molecule has 0 radical (unpaired) electrons. The minimum Gasteiger partial charge on any atom is -0.393 e. The van der Waals surface area contributed by atoms with Gasteiger partial charge in [0.2, 0.25) is 0 Å². The Hall–Kier alpha value is -1.00. The van der Waals surface area contributed by atoms with Crippen molar-refractivity contribution in [2.75, 3.05) is 0 Å². The molecule has 3 N–H and O–H groups in total. The Labute approximate surface area is 83.2 Å². The maximum atomic E-state index is 9.40.